The van der Waals surface area contributed by atoms with Gasteiger partial charge in [-0.15, -0.1) is 11.3 Å². The predicted octanol–water partition coefficient (Wildman–Crippen LogP) is 2.49. The third-order valence-corrected chi connectivity index (χ3v) is 3.72. The Morgan fingerprint density at radius 2 is 2.19 bits per heavy atom. The molecule has 2 nitrogen and oxygen atoms in total. The number of thiol groups is 1. The van der Waals surface area contributed by atoms with Crippen LogP contribution in [0.4, 0.5) is 0 Å². The van der Waals surface area contributed by atoms with Crippen LogP contribution in [0.3, 0.4) is 0 Å². The third-order valence-electron chi connectivity index (χ3n) is 2.42. The second-order valence-electron chi connectivity index (χ2n) is 3.52. The summed E-state index contributed by atoms with van der Waals surface area (Å²) in [5, 5.41) is 6.29. The zero-order chi connectivity index (χ0) is 11.4. The van der Waals surface area contributed by atoms with Gasteiger partial charge in [0.05, 0.1) is 5.75 Å². The van der Waals surface area contributed by atoms with Gasteiger partial charge in [-0.1, -0.05) is 18.2 Å². The van der Waals surface area contributed by atoms with Crippen molar-refractivity contribution in [1.29, 1.82) is 0 Å². The molecular formula is C12H13NOS2. The topological polar surface area (TPSA) is 29.1 Å². The van der Waals surface area contributed by atoms with Crippen LogP contribution < -0.4 is 5.32 Å². The summed E-state index contributed by atoms with van der Waals surface area (Å²) in [6, 6.07) is 8.34. The molecule has 0 spiro atoms. The summed E-state index contributed by atoms with van der Waals surface area (Å²) in [6.45, 7) is 0.681. The van der Waals surface area contributed by atoms with Gasteiger partial charge < -0.3 is 5.32 Å². The molecule has 84 valence electrons. The van der Waals surface area contributed by atoms with Crippen molar-refractivity contribution in [3.63, 3.8) is 0 Å². The lowest BCUT2D eigenvalue weighted by atomic mass is 10.1. The predicted molar refractivity (Wildman–Crippen MR) is 72.4 cm³/mol. The summed E-state index contributed by atoms with van der Waals surface area (Å²) in [7, 11) is 0. The van der Waals surface area contributed by atoms with E-state index in [1.807, 2.05) is 12.1 Å². The lowest BCUT2D eigenvalue weighted by Gasteiger charge is -2.02. The van der Waals surface area contributed by atoms with E-state index in [1.165, 1.54) is 15.6 Å². The largest absolute Gasteiger partial charge is 0.355 e. The normalized spacial score (nSPS) is 10.6. The second kappa shape index (κ2) is 5.37. The molecule has 0 aliphatic heterocycles. The maximum atomic E-state index is 11.0. The molecule has 4 heteroatoms. The SMILES string of the molecule is O=C(CS)NCCc1csc2ccccc12. The Labute approximate surface area is 104 Å². The Hall–Kier alpha value is -1.00. The molecular weight excluding hydrogens is 238 g/mol. The first-order chi connectivity index (χ1) is 7.81. The van der Waals surface area contributed by atoms with Crippen molar-refractivity contribution >= 4 is 40.0 Å². The van der Waals surface area contributed by atoms with Crippen molar-refractivity contribution in [3.05, 3.63) is 35.2 Å². The smallest absolute Gasteiger partial charge is 0.229 e. The highest BCUT2D eigenvalue weighted by atomic mass is 32.1. The second-order valence-corrected chi connectivity index (χ2v) is 4.74. The van der Waals surface area contributed by atoms with E-state index in [-0.39, 0.29) is 11.7 Å². The van der Waals surface area contributed by atoms with Gasteiger partial charge >= 0.3 is 0 Å². The Morgan fingerprint density at radius 1 is 1.38 bits per heavy atom. The summed E-state index contributed by atoms with van der Waals surface area (Å²) in [4.78, 5) is 11.0. The number of carbonyl (C=O) groups is 1. The van der Waals surface area contributed by atoms with Gasteiger partial charge in [0.25, 0.3) is 0 Å². The fourth-order valence-electron chi connectivity index (χ4n) is 1.62. The number of thiophene rings is 1. The number of amides is 1. The van der Waals surface area contributed by atoms with E-state index in [0.717, 1.165) is 6.42 Å². The third kappa shape index (κ3) is 2.57. The molecule has 0 aliphatic rings. The van der Waals surface area contributed by atoms with Crippen LogP contribution in [0.25, 0.3) is 10.1 Å². The molecule has 2 rings (SSSR count). The van der Waals surface area contributed by atoms with Crippen LogP contribution in [0.5, 0.6) is 0 Å². The molecule has 1 amide bonds. The molecule has 1 N–H and O–H groups in total. The Bertz CT molecular complexity index is 492. The van der Waals surface area contributed by atoms with E-state index in [4.69, 9.17) is 0 Å². The quantitative estimate of drug-likeness (QED) is 0.803. The van der Waals surface area contributed by atoms with Crippen LogP contribution >= 0.6 is 24.0 Å². The van der Waals surface area contributed by atoms with E-state index < -0.39 is 0 Å². The summed E-state index contributed by atoms with van der Waals surface area (Å²) in [5.74, 6) is 0.243. The summed E-state index contributed by atoms with van der Waals surface area (Å²) in [6.07, 6.45) is 0.879. The molecule has 0 saturated carbocycles. The highest BCUT2D eigenvalue weighted by Crippen LogP contribution is 2.25. The minimum atomic E-state index is -0.0112. The average Bonchev–Trinajstić information content (AvgIpc) is 2.73. The van der Waals surface area contributed by atoms with Crippen molar-refractivity contribution in [1.82, 2.24) is 5.32 Å². The van der Waals surface area contributed by atoms with E-state index >= 15 is 0 Å². The van der Waals surface area contributed by atoms with Crippen molar-refractivity contribution < 1.29 is 4.79 Å². The van der Waals surface area contributed by atoms with Crippen molar-refractivity contribution in [2.24, 2.45) is 0 Å². The number of nitrogens with one attached hydrogen (secondary N) is 1. The molecule has 2 aromatic rings. The molecule has 1 heterocycles. The maximum absolute atomic E-state index is 11.0. The van der Waals surface area contributed by atoms with Crippen molar-refractivity contribution in [2.45, 2.75) is 6.42 Å². The van der Waals surface area contributed by atoms with E-state index in [9.17, 15) is 4.79 Å². The van der Waals surface area contributed by atoms with E-state index in [1.54, 1.807) is 11.3 Å². The molecule has 1 aromatic heterocycles. The van der Waals surface area contributed by atoms with Gasteiger partial charge in [-0.2, -0.15) is 12.6 Å². The first kappa shape index (κ1) is 11.5. The fraction of sp³-hybridized carbons (Fsp3) is 0.250. The minimum Gasteiger partial charge on any atom is -0.355 e. The number of hydrogen-bond donors (Lipinski definition) is 2. The maximum Gasteiger partial charge on any atom is 0.229 e. The van der Waals surface area contributed by atoms with Crippen LogP contribution in [0.1, 0.15) is 5.56 Å². The molecule has 0 aliphatic carbocycles. The Kier molecular flexibility index (Phi) is 3.85. The van der Waals surface area contributed by atoms with Crippen LogP contribution in [0.2, 0.25) is 0 Å². The number of carbonyl (C=O) groups excluding carboxylic acids is 1. The number of rotatable bonds is 4. The Morgan fingerprint density at radius 3 is 3.00 bits per heavy atom. The highest BCUT2D eigenvalue weighted by molar-refractivity contribution is 7.81. The summed E-state index contributed by atoms with van der Waals surface area (Å²) >= 11 is 5.66. The van der Waals surface area contributed by atoms with Gasteiger partial charge in [-0.25, -0.2) is 0 Å². The first-order valence-corrected chi connectivity index (χ1v) is 6.65. The summed E-state index contributed by atoms with van der Waals surface area (Å²) < 4.78 is 1.30. The van der Waals surface area contributed by atoms with E-state index in [2.05, 4.69) is 35.5 Å². The van der Waals surface area contributed by atoms with Crippen molar-refractivity contribution in [3.8, 4) is 0 Å². The van der Waals surface area contributed by atoms with E-state index in [0.29, 0.717) is 6.54 Å². The fourth-order valence-corrected chi connectivity index (χ4v) is 2.73. The zero-order valence-electron chi connectivity index (χ0n) is 8.77. The van der Waals surface area contributed by atoms with Gasteiger partial charge in [-0.3, -0.25) is 4.79 Å². The number of benzene rings is 1. The zero-order valence-corrected chi connectivity index (χ0v) is 10.5. The molecule has 0 bridgehead atoms. The number of hydrogen-bond acceptors (Lipinski definition) is 3. The lowest BCUT2D eigenvalue weighted by molar-refractivity contribution is -0.118. The summed E-state index contributed by atoms with van der Waals surface area (Å²) in [5.41, 5.74) is 1.31. The molecule has 16 heavy (non-hydrogen) atoms. The number of fused-ring (bicyclic) bond motifs is 1. The first-order valence-electron chi connectivity index (χ1n) is 5.14. The molecule has 0 fully saturated rings. The van der Waals surface area contributed by atoms with Gasteiger partial charge in [-0.05, 0) is 28.8 Å². The van der Waals surface area contributed by atoms with Crippen molar-refractivity contribution in [2.75, 3.05) is 12.3 Å². The highest BCUT2D eigenvalue weighted by Gasteiger charge is 2.03. The lowest BCUT2D eigenvalue weighted by Crippen LogP contribution is -2.26. The molecule has 0 unspecified atom stereocenters. The van der Waals surface area contributed by atoms with Crippen LogP contribution in [0, 0.1) is 0 Å². The van der Waals surface area contributed by atoms with Crippen LogP contribution in [0.15, 0.2) is 29.6 Å². The molecule has 1 aromatic carbocycles. The standard InChI is InChI=1S/C12H13NOS2/c14-12(7-15)13-6-5-9-8-16-11-4-2-1-3-10(9)11/h1-4,8,15H,5-7H2,(H,13,14). The van der Waals surface area contributed by atoms with Gasteiger partial charge in [0.15, 0.2) is 0 Å². The van der Waals surface area contributed by atoms with Crippen LogP contribution in [-0.4, -0.2) is 18.2 Å². The average molecular weight is 251 g/mol. The van der Waals surface area contributed by atoms with Gasteiger partial charge in [0, 0.05) is 11.2 Å². The Balaban J connectivity index is 2.02. The van der Waals surface area contributed by atoms with Gasteiger partial charge in [0.2, 0.25) is 5.91 Å². The molecule has 0 saturated heterocycles. The molecule has 0 atom stereocenters. The monoisotopic (exact) mass is 251 g/mol. The van der Waals surface area contributed by atoms with Gasteiger partial charge in [0.1, 0.15) is 0 Å². The molecule has 0 radical (unpaired) electrons. The van der Waals surface area contributed by atoms with Crippen LogP contribution in [-0.2, 0) is 11.2 Å². The minimum absolute atomic E-state index is 0.0112.